The number of halogens is 2. The third-order valence-corrected chi connectivity index (χ3v) is 4.47. The van der Waals surface area contributed by atoms with Crippen LogP contribution in [-0.2, 0) is 18.5 Å². The molecule has 28 heavy (non-hydrogen) atoms. The van der Waals surface area contributed by atoms with Gasteiger partial charge in [0.25, 0.3) is 0 Å². The Balaban J connectivity index is 0.00000392. The number of guanidine groups is 1. The van der Waals surface area contributed by atoms with Gasteiger partial charge in [-0.15, -0.1) is 24.0 Å². The molecule has 0 fully saturated rings. The fourth-order valence-electron chi connectivity index (χ4n) is 2.38. The van der Waals surface area contributed by atoms with Crippen molar-refractivity contribution in [2.75, 3.05) is 21.3 Å². The summed E-state index contributed by atoms with van der Waals surface area (Å²) in [6.45, 7) is 7.29. The van der Waals surface area contributed by atoms with Crippen LogP contribution in [0.1, 0.15) is 38.0 Å². The normalized spacial score (nSPS) is 11.6. The number of nitrogens with one attached hydrogen (secondary N) is 2. The van der Waals surface area contributed by atoms with Crippen molar-refractivity contribution < 1.29 is 13.9 Å². The SMILES string of the molecule is CN=C(NCc1cc(Br)c(OC)c(OC)c1)NCc1ncc(C(C)(C)C)o1.I. The quantitative estimate of drug-likeness (QED) is 0.309. The van der Waals surface area contributed by atoms with Gasteiger partial charge in [0.1, 0.15) is 5.76 Å². The van der Waals surface area contributed by atoms with Gasteiger partial charge in [0.2, 0.25) is 5.89 Å². The van der Waals surface area contributed by atoms with Crippen LogP contribution in [0.2, 0.25) is 0 Å². The number of hydrogen-bond donors (Lipinski definition) is 2. The lowest BCUT2D eigenvalue weighted by atomic mass is 9.94. The summed E-state index contributed by atoms with van der Waals surface area (Å²) in [7, 11) is 4.94. The van der Waals surface area contributed by atoms with E-state index in [1.165, 1.54) is 0 Å². The maximum absolute atomic E-state index is 5.78. The average molecular weight is 567 g/mol. The van der Waals surface area contributed by atoms with E-state index in [1.54, 1.807) is 27.5 Å². The first-order valence-corrected chi connectivity index (χ1v) is 9.38. The minimum atomic E-state index is -0.0635. The van der Waals surface area contributed by atoms with Gasteiger partial charge in [-0.05, 0) is 33.6 Å². The van der Waals surface area contributed by atoms with E-state index < -0.39 is 0 Å². The number of rotatable bonds is 6. The third kappa shape index (κ3) is 6.54. The van der Waals surface area contributed by atoms with Gasteiger partial charge < -0.3 is 24.5 Å². The van der Waals surface area contributed by atoms with Crippen LogP contribution in [0.4, 0.5) is 0 Å². The van der Waals surface area contributed by atoms with Crippen LogP contribution in [0, 0.1) is 0 Å². The molecule has 0 aliphatic heterocycles. The zero-order valence-electron chi connectivity index (χ0n) is 17.1. The first kappa shape index (κ1) is 24.5. The fourth-order valence-corrected chi connectivity index (χ4v) is 3.03. The molecule has 1 aromatic carbocycles. The van der Waals surface area contributed by atoms with Gasteiger partial charge in [-0.2, -0.15) is 0 Å². The van der Waals surface area contributed by atoms with Crippen molar-refractivity contribution >= 4 is 45.9 Å². The number of aliphatic imine (C=N–C) groups is 1. The van der Waals surface area contributed by atoms with E-state index in [2.05, 4.69) is 57.3 Å². The van der Waals surface area contributed by atoms with Crippen LogP contribution in [-0.4, -0.2) is 32.2 Å². The molecule has 0 aliphatic carbocycles. The van der Waals surface area contributed by atoms with Crippen LogP contribution in [0.15, 0.2) is 32.2 Å². The van der Waals surface area contributed by atoms with Crippen LogP contribution >= 0.6 is 39.9 Å². The van der Waals surface area contributed by atoms with Crippen molar-refractivity contribution in [3.8, 4) is 11.5 Å². The van der Waals surface area contributed by atoms with Crippen LogP contribution in [0.25, 0.3) is 0 Å². The van der Waals surface area contributed by atoms with Crippen molar-refractivity contribution in [3.05, 3.63) is 40.0 Å². The van der Waals surface area contributed by atoms with Gasteiger partial charge in [0.15, 0.2) is 17.5 Å². The summed E-state index contributed by atoms with van der Waals surface area (Å²) in [4.78, 5) is 8.54. The lowest BCUT2D eigenvalue weighted by molar-refractivity contribution is 0.352. The van der Waals surface area contributed by atoms with Crippen molar-refractivity contribution in [3.63, 3.8) is 0 Å². The number of oxazole rings is 1. The van der Waals surface area contributed by atoms with E-state index >= 15 is 0 Å². The highest BCUT2D eigenvalue weighted by Crippen LogP contribution is 2.36. The number of methoxy groups -OCH3 is 2. The molecule has 156 valence electrons. The summed E-state index contributed by atoms with van der Waals surface area (Å²) in [6, 6.07) is 3.90. The Kier molecular flexibility index (Phi) is 9.55. The van der Waals surface area contributed by atoms with Crippen molar-refractivity contribution in [2.24, 2.45) is 4.99 Å². The summed E-state index contributed by atoms with van der Waals surface area (Å²) in [5.74, 6) is 3.47. The van der Waals surface area contributed by atoms with Crippen molar-refractivity contribution in [1.82, 2.24) is 15.6 Å². The van der Waals surface area contributed by atoms with E-state index in [-0.39, 0.29) is 29.4 Å². The molecule has 2 N–H and O–H groups in total. The van der Waals surface area contributed by atoms with Crippen molar-refractivity contribution in [2.45, 2.75) is 39.3 Å². The molecule has 9 heteroatoms. The van der Waals surface area contributed by atoms with Gasteiger partial charge in [0.05, 0.1) is 31.4 Å². The molecule has 0 saturated carbocycles. The Morgan fingerprint density at radius 3 is 2.39 bits per heavy atom. The predicted molar refractivity (Wildman–Crippen MR) is 125 cm³/mol. The van der Waals surface area contributed by atoms with E-state index in [4.69, 9.17) is 13.9 Å². The highest BCUT2D eigenvalue weighted by molar-refractivity contribution is 14.0. The Morgan fingerprint density at radius 2 is 1.86 bits per heavy atom. The molecule has 1 aromatic heterocycles. The molecule has 0 radical (unpaired) electrons. The maximum Gasteiger partial charge on any atom is 0.213 e. The molecule has 0 bridgehead atoms. The van der Waals surface area contributed by atoms with Crippen LogP contribution in [0.3, 0.4) is 0 Å². The summed E-state index contributed by atoms with van der Waals surface area (Å²) < 4.78 is 17.3. The Bertz CT molecular complexity index is 803. The first-order chi connectivity index (χ1) is 12.8. The Labute approximate surface area is 191 Å². The molecule has 2 rings (SSSR count). The standard InChI is InChI=1S/C19H27BrN4O3.HI/c1-19(2,3)15-10-22-16(27-15)11-24-18(21-4)23-9-12-7-13(20)17(26-6)14(8-12)25-5;/h7-8,10H,9,11H2,1-6H3,(H2,21,23,24);1H. The zero-order valence-corrected chi connectivity index (χ0v) is 21.0. The minimum Gasteiger partial charge on any atom is -0.493 e. The molecule has 2 aromatic rings. The molecule has 0 amide bonds. The second kappa shape index (κ2) is 10.9. The smallest absolute Gasteiger partial charge is 0.213 e. The van der Waals surface area contributed by atoms with Gasteiger partial charge >= 0.3 is 0 Å². The number of benzene rings is 1. The minimum absolute atomic E-state index is 0. The summed E-state index contributed by atoms with van der Waals surface area (Å²) in [5.41, 5.74) is 0.958. The largest absolute Gasteiger partial charge is 0.493 e. The van der Waals surface area contributed by atoms with Gasteiger partial charge in [-0.25, -0.2) is 4.98 Å². The van der Waals surface area contributed by atoms with Crippen LogP contribution in [0.5, 0.6) is 11.5 Å². The number of nitrogens with zero attached hydrogens (tertiary/aromatic N) is 2. The predicted octanol–water partition coefficient (Wildman–Crippen LogP) is 4.24. The molecule has 0 unspecified atom stereocenters. The van der Waals surface area contributed by atoms with Crippen LogP contribution < -0.4 is 20.1 Å². The Hall–Kier alpha value is -1.49. The van der Waals surface area contributed by atoms with E-state index in [0.29, 0.717) is 36.4 Å². The lowest BCUT2D eigenvalue weighted by Crippen LogP contribution is -2.36. The third-order valence-electron chi connectivity index (χ3n) is 3.88. The van der Waals surface area contributed by atoms with Gasteiger partial charge in [0, 0.05) is 19.0 Å². The van der Waals surface area contributed by atoms with E-state index in [9.17, 15) is 0 Å². The monoisotopic (exact) mass is 566 g/mol. The molecule has 7 nitrogen and oxygen atoms in total. The van der Waals surface area contributed by atoms with E-state index in [1.807, 2.05) is 12.1 Å². The average Bonchev–Trinajstić information content (AvgIpc) is 3.10. The summed E-state index contributed by atoms with van der Waals surface area (Å²) >= 11 is 3.50. The molecule has 0 spiro atoms. The van der Waals surface area contributed by atoms with Crippen molar-refractivity contribution in [1.29, 1.82) is 0 Å². The topological polar surface area (TPSA) is 80.9 Å². The molecular weight excluding hydrogens is 539 g/mol. The van der Waals surface area contributed by atoms with Gasteiger partial charge in [-0.1, -0.05) is 20.8 Å². The Morgan fingerprint density at radius 1 is 1.18 bits per heavy atom. The highest BCUT2D eigenvalue weighted by atomic mass is 127. The fraction of sp³-hybridized carbons (Fsp3) is 0.474. The number of hydrogen-bond acceptors (Lipinski definition) is 5. The lowest BCUT2D eigenvalue weighted by Gasteiger charge is -2.14. The highest BCUT2D eigenvalue weighted by Gasteiger charge is 2.19. The number of aromatic nitrogens is 1. The van der Waals surface area contributed by atoms with Gasteiger partial charge in [-0.3, -0.25) is 4.99 Å². The second-order valence-corrected chi connectivity index (χ2v) is 7.82. The number of ether oxygens (including phenoxy) is 2. The maximum atomic E-state index is 5.78. The molecule has 0 aliphatic rings. The summed E-state index contributed by atoms with van der Waals surface area (Å²) in [6.07, 6.45) is 1.77. The first-order valence-electron chi connectivity index (χ1n) is 8.58. The molecular formula is C19H28BrIN4O3. The molecule has 0 saturated heterocycles. The van der Waals surface area contributed by atoms with E-state index in [0.717, 1.165) is 15.8 Å². The molecule has 1 heterocycles. The summed E-state index contributed by atoms with van der Waals surface area (Å²) in [5, 5.41) is 6.46. The second-order valence-electron chi connectivity index (χ2n) is 6.96. The zero-order chi connectivity index (χ0) is 20.0. The molecule has 0 atom stereocenters.